The van der Waals surface area contributed by atoms with Gasteiger partial charge in [-0.1, -0.05) is 0 Å². The van der Waals surface area contributed by atoms with Crippen LogP contribution in [0.25, 0.3) is 0 Å². The first-order chi connectivity index (χ1) is 5.77. The van der Waals surface area contributed by atoms with Crippen LogP contribution in [0.5, 0.6) is 0 Å². The van der Waals surface area contributed by atoms with Crippen LogP contribution in [0, 0.1) is 0 Å². The van der Waals surface area contributed by atoms with Gasteiger partial charge < -0.3 is 9.84 Å². The highest BCUT2D eigenvalue weighted by atomic mass is 16.5. The summed E-state index contributed by atoms with van der Waals surface area (Å²) in [5, 5.41) is 9.25. The van der Waals surface area contributed by atoms with Crippen molar-refractivity contribution in [1.82, 2.24) is 4.90 Å². The maximum Gasteiger partial charge on any atom is 0.323 e. The molecule has 4 heteroatoms. The van der Waals surface area contributed by atoms with E-state index < -0.39 is 0 Å². The Balaban J connectivity index is 1.96. The van der Waals surface area contributed by atoms with Crippen molar-refractivity contribution in [2.24, 2.45) is 0 Å². The number of aliphatic hydroxyl groups is 1. The summed E-state index contributed by atoms with van der Waals surface area (Å²) in [6.07, 6.45) is 1.31. The third kappa shape index (κ3) is 1.32. The van der Waals surface area contributed by atoms with Crippen molar-refractivity contribution in [3.8, 4) is 0 Å². The smallest absolute Gasteiger partial charge is 0.323 e. The molecular formula is C8H13NO3. The lowest BCUT2D eigenvalue weighted by Gasteiger charge is -2.18. The number of likely N-dealkylation sites (tertiary alicyclic amines) is 1. The molecule has 0 aromatic rings. The largest absolute Gasteiger partial charge is 0.464 e. The molecule has 2 saturated heterocycles. The van der Waals surface area contributed by atoms with Crippen molar-refractivity contribution < 1.29 is 14.6 Å². The molecule has 2 atom stereocenters. The number of rotatable bonds is 1. The third-order valence-corrected chi connectivity index (χ3v) is 2.54. The molecule has 4 nitrogen and oxygen atoms in total. The van der Waals surface area contributed by atoms with Gasteiger partial charge in [-0.3, -0.25) is 9.69 Å². The van der Waals surface area contributed by atoms with Crippen LogP contribution in [0.4, 0.5) is 0 Å². The molecule has 12 heavy (non-hydrogen) atoms. The van der Waals surface area contributed by atoms with Crippen LogP contribution in [-0.2, 0) is 9.53 Å². The van der Waals surface area contributed by atoms with Crippen molar-refractivity contribution in [2.45, 2.75) is 25.0 Å². The Morgan fingerprint density at radius 3 is 2.83 bits per heavy atom. The summed E-state index contributed by atoms with van der Waals surface area (Å²) in [5.41, 5.74) is 0. The quantitative estimate of drug-likeness (QED) is 0.534. The number of ether oxygens (including phenoxy) is 1. The lowest BCUT2D eigenvalue weighted by Crippen LogP contribution is -2.37. The van der Waals surface area contributed by atoms with Gasteiger partial charge >= 0.3 is 5.97 Å². The molecule has 2 fully saturated rings. The summed E-state index contributed by atoms with van der Waals surface area (Å²) >= 11 is 0. The predicted molar refractivity (Wildman–Crippen MR) is 41.6 cm³/mol. The van der Waals surface area contributed by atoms with Crippen LogP contribution in [-0.4, -0.2) is 47.8 Å². The Hall–Kier alpha value is -0.610. The van der Waals surface area contributed by atoms with Gasteiger partial charge in [-0.05, 0) is 6.42 Å². The maximum atomic E-state index is 11.1. The van der Waals surface area contributed by atoms with E-state index in [1.807, 2.05) is 4.90 Å². The second kappa shape index (κ2) is 3.03. The molecule has 0 aromatic carbocycles. The van der Waals surface area contributed by atoms with E-state index in [1.54, 1.807) is 0 Å². The van der Waals surface area contributed by atoms with Gasteiger partial charge in [0, 0.05) is 19.5 Å². The van der Waals surface area contributed by atoms with E-state index >= 15 is 0 Å². The number of hydrogen-bond acceptors (Lipinski definition) is 4. The summed E-state index contributed by atoms with van der Waals surface area (Å²) in [4.78, 5) is 13.1. The molecule has 0 spiro atoms. The van der Waals surface area contributed by atoms with Crippen LogP contribution in [0.15, 0.2) is 0 Å². The highest BCUT2D eigenvalue weighted by Crippen LogP contribution is 2.19. The first kappa shape index (κ1) is 8.01. The topological polar surface area (TPSA) is 49.8 Å². The fourth-order valence-electron chi connectivity index (χ4n) is 1.87. The first-order valence-corrected chi connectivity index (χ1v) is 4.36. The van der Waals surface area contributed by atoms with Gasteiger partial charge in [0.15, 0.2) is 0 Å². The number of carbonyl (C=O) groups excluding carboxylic acids is 1. The van der Waals surface area contributed by atoms with Gasteiger partial charge in [0.25, 0.3) is 0 Å². The molecule has 0 radical (unpaired) electrons. The van der Waals surface area contributed by atoms with Gasteiger partial charge in [-0.15, -0.1) is 0 Å². The highest BCUT2D eigenvalue weighted by Gasteiger charge is 2.35. The molecule has 1 N–H and O–H groups in total. The molecular weight excluding hydrogens is 158 g/mol. The Morgan fingerprint density at radius 2 is 2.33 bits per heavy atom. The predicted octanol–water partition coefficient (Wildman–Crippen LogP) is -0.632. The Morgan fingerprint density at radius 1 is 1.50 bits per heavy atom. The fourth-order valence-corrected chi connectivity index (χ4v) is 1.87. The molecule has 0 saturated carbocycles. The SMILES string of the molecule is O=C1OCCC1N1CCC(O)C1. The summed E-state index contributed by atoms with van der Waals surface area (Å²) in [7, 11) is 0. The van der Waals surface area contributed by atoms with Crippen LogP contribution in [0.1, 0.15) is 12.8 Å². The normalized spacial score (nSPS) is 37.2. The van der Waals surface area contributed by atoms with E-state index in [9.17, 15) is 9.90 Å². The zero-order chi connectivity index (χ0) is 8.55. The van der Waals surface area contributed by atoms with Crippen molar-refractivity contribution in [3.63, 3.8) is 0 Å². The van der Waals surface area contributed by atoms with Crippen LogP contribution in [0.2, 0.25) is 0 Å². The average molecular weight is 171 g/mol. The summed E-state index contributed by atoms with van der Waals surface area (Å²) in [6, 6.07) is -0.0813. The zero-order valence-electron chi connectivity index (χ0n) is 6.90. The number of hydrogen-bond donors (Lipinski definition) is 1. The van der Waals surface area contributed by atoms with Gasteiger partial charge in [0.1, 0.15) is 6.04 Å². The minimum atomic E-state index is -0.251. The Kier molecular flexibility index (Phi) is 2.02. The monoisotopic (exact) mass is 171 g/mol. The highest BCUT2D eigenvalue weighted by molar-refractivity contribution is 5.77. The number of cyclic esters (lactones) is 1. The van der Waals surface area contributed by atoms with Crippen molar-refractivity contribution in [2.75, 3.05) is 19.7 Å². The van der Waals surface area contributed by atoms with Crippen LogP contribution < -0.4 is 0 Å². The van der Waals surface area contributed by atoms with Crippen LogP contribution in [0.3, 0.4) is 0 Å². The molecule has 68 valence electrons. The molecule has 0 amide bonds. The molecule has 2 unspecified atom stereocenters. The summed E-state index contributed by atoms with van der Waals surface area (Å²) in [6.45, 7) is 1.98. The van der Waals surface area contributed by atoms with Gasteiger partial charge in [-0.2, -0.15) is 0 Å². The van der Waals surface area contributed by atoms with Gasteiger partial charge in [-0.25, -0.2) is 0 Å². The molecule has 2 heterocycles. The standard InChI is InChI=1S/C8H13NO3/c10-6-1-3-9(5-6)7-2-4-12-8(7)11/h6-7,10H,1-5H2. The molecule has 2 aliphatic rings. The molecule has 0 aliphatic carbocycles. The first-order valence-electron chi connectivity index (χ1n) is 4.36. The van der Waals surface area contributed by atoms with Gasteiger partial charge in [0.2, 0.25) is 0 Å². The molecule has 0 bridgehead atoms. The third-order valence-electron chi connectivity index (χ3n) is 2.54. The van der Waals surface area contributed by atoms with E-state index in [0.717, 1.165) is 19.4 Å². The number of esters is 1. The number of β-amino-alcohol motifs (C(OH)–C–C–N with tert-alkyl or cyclic N) is 1. The van der Waals surface area contributed by atoms with E-state index in [-0.39, 0.29) is 18.1 Å². The van der Waals surface area contributed by atoms with E-state index in [0.29, 0.717) is 13.2 Å². The number of nitrogens with zero attached hydrogens (tertiary/aromatic N) is 1. The molecule has 2 rings (SSSR count). The van der Waals surface area contributed by atoms with Crippen molar-refractivity contribution in [3.05, 3.63) is 0 Å². The Bertz CT molecular complexity index is 195. The Labute approximate surface area is 71.1 Å². The van der Waals surface area contributed by atoms with Crippen LogP contribution >= 0.6 is 0 Å². The summed E-state index contributed by atoms with van der Waals surface area (Å²) in [5.74, 6) is -0.121. The van der Waals surface area contributed by atoms with E-state index in [1.165, 1.54) is 0 Å². The van der Waals surface area contributed by atoms with Crippen molar-refractivity contribution >= 4 is 5.97 Å². The maximum absolute atomic E-state index is 11.1. The minimum absolute atomic E-state index is 0.0813. The minimum Gasteiger partial charge on any atom is -0.464 e. The number of aliphatic hydroxyl groups excluding tert-OH is 1. The number of carbonyl (C=O) groups is 1. The molecule has 0 aromatic heterocycles. The summed E-state index contributed by atoms with van der Waals surface area (Å²) < 4.78 is 4.85. The van der Waals surface area contributed by atoms with Gasteiger partial charge in [0.05, 0.1) is 12.7 Å². The van der Waals surface area contributed by atoms with E-state index in [4.69, 9.17) is 4.74 Å². The second-order valence-corrected chi connectivity index (χ2v) is 3.41. The fraction of sp³-hybridized carbons (Fsp3) is 0.875. The average Bonchev–Trinajstić information content (AvgIpc) is 2.58. The second-order valence-electron chi connectivity index (χ2n) is 3.41. The zero-order valence-corrected chi connectivity index (χ0v) is 6.90. The van der Waals surface area contributed by atoms with E-state index in [2.05, 4.69) is 0 Å². The lowest BCUT2D eigenvalue weighted by molar-refractivity contribution is -0.142. The molecule has 2 aliphatic heterocycles. The van der Waals surface area contributed by atoms with Crippen molar-refractivity contribution in [1.29, 1.82) is 0 Å². The lowest BCUT2D eigenvalue weighted by atomic mass is 10.2.